The van der Waals surface area contributed by atoms with Gasteiger partial charge in [-0.3, -0.25) is 4.98 Å². The van der Waals surface area contributed by atoms with Gasteiger partial charge in [-0.15, -0.1) is 0 Å². The molecule has 0 fully saturated rings. The van der Waals surface area contributed by atoms with Crippen LogP contribution < -0.4 is 0 Å². The molecule has 0 spiro atoms. The minimum absolute atomic E-state index is 0.197. The molecule has 1 aromatic heterocycles. The molecule has 1 aromatic carbocycles. The van der Waals surface area contributed by atoms with Gasteiger partial charge in [0.1, 0.15) is 6.10 Å². The molecule has 2 aromatic rings. The monoisotopic (exact) mass is 215 g/mol. The quantitative estimate of drug-likeness (QED) is 0.791. The number of rotatable bonds is 1. The van der Waals surface area contributed by atoms with Crippen LogP contribution >= 0.6 is 0 Å². The molecule has 2 rings (SSSR count). The van der Waals surface area contributed by atoms with Gasteiger partial charge in [-0.25, -0.2) is 0 Å². The molecule has 0 aliphatic heterocycles. The summed E-state index contributed by atoms with van der Waals surface area (Å²) in [5.41, 5.74) is 0.572. The Morgan fingerprint density at radius 2 is 1.81 bits per heavy atom. The predicted octanol–water partition coefficient (Wildman–Crippen LogP) is 3.31. The molecule has 0 amide bonds. The van der Waals surface area contributed by atoms with E-state index in [2.05, 4.69) is 4.98 Å². The van der Waals surface area contributed by atoms with E-state index in [4.69, 9.17) is 0 Å². The summed E-state index contributed by atoms with van der Waals surface area (Å²) in [5, 5.41) is 12.4. The van der Waals surface area contributed by atoms with E-state index in [9.17, 15) is 5.11 Å². The summed E-state index contributed by atoms with van der Waals surface area (Å²) in [6, 6.07) is 9.98. The van der Waals surface area contributed by atoms with E-state index in [-0.39, 0.29) is 5.41 Å². The van der Waals surface area contributed by atoms with Crippen molar-refractivity contribution >= 4 is 10.8 Å². The summed E-state index contributed by atoms with van der Waals surface area (Å²) in [6.07, 6.45) is 1.21. The lowest BCUT2D eigenvalue weighted by Gasteiger charge is -2.26. The van der Waals surface area contributed by atoms with Crippen LogP contribution in [0.1, 0.15) is 32.6 Å². The molecule has 1 heterocycles. The van der Waals surface area contributed by atoms with E-state index >= 15 is 0 Å². The third-order valence-corrected chi connectivity index (χ3v) is 2.78. The van der Waals surface area contributed by atoms with Crippen molar-refractivity contribution in [3.8, 4) is 0 Å². The molecule has 1 N–H and O–H groups in total. The minimum atomic E-state index is -0.543. The average molecular weight is 215 g/mol. The second kappa shape index (κ2) is 3.87. The van der Waals surface area contributed by atoms with E-state index in [0.717, 1.165) is 16.5 Å². The molecule has 84 valence electrons. The lowest BCUT2D eigenvalue weighted by molar-refractivity contribution is 0.0603. The Kier molecular flexibility index (Phi) is 2.68. The van der Waals surface area contributed by atoms with Gasteiger partial charge in [0.25, 0.3) is 0 Å². The highest BCUT2D eigenvalue weighted by molar-refractivity contribution is 5.84. The number of nitrogens with zero attached hydrogens (tertiary/aromatic N) is 1. The fourth-order valence-corrected chi connectivity index (χ4v) is 1.77. The van der Waals surface area contributed by atoms with Crippen LogP contribution in [0.3, 0.4) is 0 Å². The van der Waals surface area contributed by atoms with Crippen LogP contribution in [0.25, 0.3) is 10.8 Å². The Labute approximate surface area is 96.0 Å². The highest BCUT2D eigenvalue weighted by Gasteiger charge is 2.26. The molecule has 0 aliphatic rings. The van der Waals surface area contributed by atoms with Crippen molar-refractivity contribution < 1.29 is 5.11 Å². The summed E-state index contributed by atoms with van der Waals surface area (Å²) in [6.45, 7) is 6.04. The van der Waals surface area contributed by atoms with Crippen LogP contribution in [-0.4, -0.2) is 10.1 Å². The molecule has 0 bridgehead atoms. The summed E-state index contributed by atoms with van der Waals surface area (Å²) >= 11 is 0. The first-order chi connectivity index (χ1) is 7.50. The zero-order chi connectivity index (χ0) is 11.8. The van der Waals surface area contributed by atoms with Crippen molar-refractivity contribution in [3.05, 3.63) is 42.2 Å². The molecule has 0 saturated carbocycles. The first-order valence-corrected chi connectivity index (χ1v) is 5.52. The van der Waals surface area contributed by atoms with Gasteiger partial charge in [-0.05, 0) is 16.9 Å². The van der Waals surface area contributed by atoms with Gasteiger partial charge in [0.2, 0.25) is 0 Å². The molecule has 0 aliphatic carbocycles. The van der Waals surface area contributed by atoms with Crippen LogP contribution in [0, 0.1) is 5.41 Å². The SMILES string of the molecule is CC(C)(C)[C@@H](O)c1nccc2ccccc12. The third-order valence-electron chi connectivity index (χ3n) is 2.78. The van der Waals surface area contributed by atoms with Crippen molar-refractivity contribution in [1.82, 2.24) is 4.98 Å². The molecule has 2 nitrogen and oxygen atoms in total. The van der Waals surface area contributed by atoms with Crippen molar-refractivity contribution in [3.63, 3.8) is 0 Å². The van der Waals surface area contributed by atoms with Crippen molar-refractivity contribution in [2.45, 2.75) is 26.9 Å². The van der Waals surface area contributed by atoms with Gasteiger partial charge in [0.15, 0.2) is 0 Å². The van der Waals surface area contributed by atoms with Gasteiger partial charge in [-0.1, -0.05) is 45.0 Å². The molecule has 0 unspecified atom stereocenters. The van der Waals surface area contributed by atoms with Crippen molar-refractivity contribution in [2.75, 3.05) is 0 Å². The number of aliphatic hydroxyl groups excluding tert-OH is 1. The number of pyridine rings is 1. The number of hydrogen-bond acceptors (Lipinski definition) is 2. The highest BCUT2D eigenvalue weighted by atomic mass is 16.3. The fraction of sp³-hybridized carbons (Fsp3) is 0.357. The topological polar surface area (TPSA) is 33.1 Å². The van der Waals surface area contributed by atoms with Crippen molar-refractivity contribution in [2.24, 2.45) is 5.41 Å². The number of benzene rings is 1. The first kappa shape index (κ1) is 11.1. The van der Waals surface area contributed by atoms with Crippen molar-refractivity contribution in [1.29, 1.82) is 0 Å². The third kappa shape index (κ3) is 1.93. The van der Waals surface area contributed by atoms with Gasteiger partial charge < -0.3 is 5.11 Å². The number of aliphatic hydroxyl groups is 1. The smallest absolute Gasteiger partial charge is 0.101 e. The van der Waals surface area contributed by atoms with E-state index < -0.39 is 6.10 Å². The summed E-state index contributed by atoms with van der Waals surface area (Å²) in [5.74, 6) is 0. The lowest BCUT2D eigenvalue weighted by atomic mass is 9.85. The zero-order valence-corrected chi connectivity index (χ0v) is 9.94. The van der Waals surface area contributed by atoms with Crippen LogP contribution in [-0.2, 0) is 0 Å². The zero-order valence-electron chi connectivity index (χ0n) is 9.94. The lowest BCUT2D eigenvalue weighted by Crippen LogP contribution is -2.19. The van der Waals surface area contributed by atoms with Gasteiger partial charge in [0.05, 0.1) is 5.69 Å². The Morgan fingerprint density at radius 1 is 1.12 bits per heavy atom. The minimum Gasteiger partial charge on any atom is -0.386 e. The van der Waals surface area contributed by atoms with Gasteiger partial charge >= 0.3 is 0 Å². The fourth-order valence-electron chi connectivity index (χ4n) is 1.77. The number of fused-ring (bicyclic) bond motifs is 1. The van der Waals surface area contributed by atoms with E-state index in [1.165, 1.54) is 0 Å². The van der Waals surface area contributed by atoms with Crippen LogP contribution in [0.5, 0.6) is 0 Å². The van der Waals surface area contributed by atoms with Crippen LogP contribution in [0.2, 0.25) is 0 Å². The maximum atomic E-state index is 10.3. The Morgan fingerprint density at radius 3 is 2.50 bits per heavy atom. The molecule has 0 saturated heterocycles. The first-order valence-electron chi connectivity index (χ1n) is 5.52. The van der Waals surface area contributed by atoms with Crippen LogP contribution in [0.4, 0.5) is 0 Å². The normalized spacial score (nSPS) is 14.0. The second-order valence-corrected chi connectivity index (χ2v) is 5.19. The van der Waals surface area contributed by atoms with Gasteiger partial charge in [-0.2, -0.15) is 0 Å². The Bertz CT molecular complexity index is 494. The molecular weight excluding hydrogens is 198 g/mol. The van der Waals surface area contributed by atoms with Crippen LogP contribution in [0.15, 0.2) is 36.5 Å². The maximum absolute atomic E-state index is 10.3. The predicted molar refractivity (Wildman–Crippen MR) is 66.2 cm³/mol. The molecule has 2 heteroatoms. The number of aromatic nitrogens is 1. The number of hydrogen-bond donors (Lipinski definition) is 1. The standard InChI is InChI=1S/C14H17NO/c1-14(2,3)13(16)12-11-7-5-4-6-10(11)8-9-15-12/h4-9,13,16H,1-3H3/t13-/m0/s1. The highest BCUT2D eigenvalue weighted by Crippen LogP contribution is 2.34. The van der Waals surface area contributed by atoms with Gasteiger partial charge in [0, 0.05) is 11.6 Å². The molecular formula is C14H17NO. The second-order valence-electron chi connectivity index (χ2n) is 5.19. The largest absolute Gasteiger partial charge is 0.386 e. The maximum Gasteiger partial charge on any atom is 0.101 e. The van der Waals surface area contributed by atoms with E-state index in [0.29, 0.717) is 0 Å². The van der Waals surface area contributed by atoms with E-state index in [1.54, 1.807) is 6.20 Å². The Balaban J connectivity index is 2.61. The average Bonchev–Trinajstić information content (AvgIpc) is 2.26. The molecule has 0 radical (unpaired) electrons. The summed E-state index contributed by atoms with van der Waals surface area (Å²) in [4.78, 5) is 4.32. The summed E-state index contributed by atoms with van der Waals surface area (Å²) in [7, 11) is 0. The molecule has 16 heavy (non-hydrogen) atoms. The summed E-state index contributed by atoms with van der Waals surface area (Å²) < 4.78 is 0. The van der Waals surface area contributed by atoms with E-state index in [1.807, 2.05) is 51.1 Å². The Hall–Kier alpha value is -1.41. The molecule has 1 atom stereocenters.